The first-order valence-electron chi connectivity index (χ1n) is 8.22. The van der Waals surface area contributed by atoms with Gasteiger partial charge in [0, 0.05) is 24.5 Å². The monoisotopic (exact) mass is 387 g/mol. The second-order valence-corrected chi connectivity index (χ2v) is 8.16. The number of oxazole rings is 1. The van der Waals surface area contributed by atoms with Gasteiger partial charge >= 0.3 is 5.76 Å². The van der Waals surface area contributed by atoms with Gasteiger partial charge < -0.3 is 4.42 Å². The average Bonchev–Trinajstić information content (AvgIpc) is 3.15. The lowest BCUT2D eigenvalue weighted by Crippen LogP contribution is -2.13. The van der Waals surface area contributed by atoms with Crippen LogP contribution in [0.3, 0.4) is 0 Å². The van der Waals surface area contributed by atoms with Gasteiger partial charge in [-0.15, -0.1) is 0 Å². The fourth-order valence-corrected chi connectivity index (χ4v) is 3.92. The number of aromatic nitrogens is 4. The minimum absolute atomic E-state index is 0.0117. The Morgan fingerprint density at radius 1 is 1.19 bits per heavy atom. The van der Waals surface area contributed by atoms with E-state index in [0.717, 1.165) is 5.39 Å². The summed E-state index contributed by atoms with van der Waals surface area (Å²) in [5, 5.41) is 5.00. The topological polar surface area (TPSA) is 112 Å². The van der Waals surface area contributed by atoms with E-state index in [4.69, 9.17) is 4.42 Å². The van der Waals surface area contributed by atoms with E-state index in [0.29, 0.717) is 16.9 Å². The summed E-state index contributed by atoms with van der Waals surface area (Å²) in [4.78, 5) is 15.9. The number of anilines is 1. The van der Waals surface area contributed by atoms with E-state index in [1.165, 1.54) is 29.0 Å². The molecule has 0 unspecified atom stereocenters. The van der Waals surface area contributed by atoms with E-state index < -0.39 is 15.8 Å². The Hall–Kier alpha value is -3.14. The highest BCUT2D eigenvalue weighted by Crippen LogP contribution is 2.23. The summed E-state index contributed by atoms with van der Waals surface area (Å²) in [6.07, 6.45) is 3.09. The molecule has 0 atom stereocenters. The summed E-state index contributed by atoms with van der Waals surface area (Å²) in [7, 11) is -2.32. The minimum Gasteiger partial charge on any atom is -0.408 e. The van der Waals surface area contributed by atoms with Crippen molar-refractivity contribution in [3.05, 3.63) is 47.2 Å². The zero-order chi connectivity index (χ0) is 19.3. The predicted octanol–water partition coefficient (Wildman–Crippen LogP) is 2.26. The Bertz CT molecular complexity index is 1330. The average molecular weight is 387 g/mol. The van der Waals surface area contributed by atoms with Crippen molar-refractivity contribution < 1.29 is 12.8 Å². The summed E-state index contributed by atoms with van der Waals surface area (Å²) in [5.41, 5.74) is 1.72. The van der Waals surface area contributed by atoms with Gasteiger partial charge in [0.15, 0.2) is 11.2 Å². The molecule has 10 heteroatoms. The van der Waals surface area contributed by atoms with Crippen molar-refractivity contribution in [3.8, 4) is 0 Å². The zero-order valence-electron chi connectivity index (χ0n) is 14.9. The maximum Gasteiger partial charge on any atom is 0.419 e. The predicted molar refractivity (Wildman–Crippen MR) is 100 cm³/mol. The molecular weight excluding hydrogens is 370 g/mol. The Labute approximate surface area is 154 Å². The van der Waals surface area contributed by atoms with Crippen LogP contribution in [0.15, 0.2) is 50.8 Å². The number of aryl methyl sites for hydroxylation is 1. The van der Waals surface area contributed by atoms with Gasteiger partial charge in [-0.05, 0) is 32.0 Å². The van der Waals surface area contributed by atoms with E-state index >= 15 is 0 Å². The lowest BCUT2D eigenvalue weighted by Gasteiger charge is -2.09. The molecule has 0 aliphatic rings. The van der Waals surface area contributed by atoms with Crippen molar-refractivity contribution in [2.45, 2.75) is 24.8 Å². The highest BCUT2D eigenvalue weighted by atomic mass is 32.2. The maximum absolute atomic E-state index is 12.7. The first-order chi connectivity index (χ1) is 12.8. The summed E-state index contributed by atoms with van der Waals surface area (Å²) < 4.78 is 36.0. The third kappa shape index (κ3) is 2.87. The minimum atomic E-state index is -3.88. The van der Waals surface area contributed by atoms with Crippen molar-refractivity contribution in [3.63, 3.8) is 0 Å². The quantitative estimate of drug-likeness (QED) is 0.575. The van der Waals surface area contributed by atoms with Gasteiger partial charge in [-0.2, -0.15) is 5.10 Å². The van der Waals surface area contributed by atoms with Crippen molar-refractivity contribution in [2.75, 3.05) is 4.72 Å². The molecule has 0 amide bonds. The summed E-state index contributed by atoms with van der Waals surface area (Å²) >= 11 is 0. The standard InChI is InChI=1S/C17H17N5O4S/c1-10(2)22-16-11(8-19-22)6-12(9-18-16)20-27(24,25)13-4-5-14-15(7-13)26-17(23)21(14)3/h4-10,20H,1-3H3. The maximum atomic E-state index is 12.7. The second kappa shape index (κ2) is 5.95. The third-order valence-electron chi connectivity index (χ3n) is 4.25. The lowest BCUT2D eigenvalue weighted by atomic mass is 10.3. The van der Waals surface area contributed by atoms with Crippen LogP contribution in [-0.2, 0) is 17.1 Å². The molecule has 0 aliphatic heterocycles. The zero-order valence-corrected chi connectivity index (χ0v) is 15.7. The third-order valence-corrected chi connectivity index (χ3v) is 5.63. The lowest BCUT2D eigenvalue weighted by molar-refractivity contribution is 0.527. The normalized spacial score (nSPS) is 12.3. The molecule has 1 N–H and O–H groups in total. The first-order valence-corrected chi connectivity index (χ1v) is 9.70. The Morgan fingerprint density at radius 3 is 2.70 bits per heavy atom. The van der Waals surface area contributed by atoms with Crippen LogP contribution in [0.25, 0.3) is 22.1 Å². The van der Waals surface area contributed by atoms with Crippen LogP contribution in [0.4, 0.5) is 5.69 Å². The van der Waals surface area contributed by atoms with Gasteiger partial charge in [0.25, 0.3) is 10.0 Å². The molecule has 4 aromatic rings. The Morgan fingerprint density at radius 2 is 1.96 bits per heavy atom. The van der Waals surface area contributed by atoms with E-state index in [9.17, 15) is 13.2 Å². The molecule has 4 rings (SSSR count). The number of hydrogen-bond donors (Lipinski definition) is 1. The molecule has 0 saturated carbocycles. The van der Waals surface area contributed by atoms with Crippen LogP contribution < -0.4 is 10.5 Å². The van der Waals surface area contributed by atoms with Gasteiger partial charge in [-0.3, -0.25) is 9.29 Å². The Balaban J connectivity index is 1.70. The van der Waals surface area contributed by atoms with Crippen LogP contribution in [0.1, 0.15) is 19.9 Å². The molecule has 3 aromatic heterocycles. The van der Waals surface area contributed by atoms with Crippen LogP contribution in [0.2, 0.25) is 0 Å². The fourth-order valence-electron chi connectivity index (χ4n) is 2.87. The number of nitrogens with zero attached hydrogens (tertiary/aromatic N) is 4. The van der Waals surface area contributed by atoms with Crippen LogP contribution in [0, 0.1) is 0 Å². The summed E-state index contributed by atoms with van der Waals surface area (Å²) in [5.74, 6) is -0.552. The SMILES string of the molecule is CC(C)n1ncc2cc(NS(=O)(=O)c3ccc4c(c3)oc(=O)n4C)cnc21. The molecule has 0 fully saturated rings. The Kier molecular flexibility index (Phi) is 3.81. The largest absolute Gasteiger partial charge is 0.419 e. The molecule has 3 heterocycles. The number of hydrogen-bond acceptors (Lipinski definition) is 6. The molecule has 0 spiro atoms. The number of sulfonamides is 1. The van der Waals surface area contributed by atoms with Crippen molar-refractivity contribution in [1.82, 2.24) is 19.3 Å². The molecule has 0 aliphatic carbocycles. The molecule has 140 valence electrons. The number of pyridine rings is 1. The molecule has 0 saturated heterocycles. The molecule has 1 aromatic carbocycles. The molecular formula is C17H17N5O4S. The molecule has 27 heavy (non-hydrogen) atoms. The van der Waals surface area contributed by atoms with Gasteiger partial charge in [-0.25, -0.2) is 22.9 Å². The highest BCUT2D eigenvalue weighted by molar-refractivity contribution is 7.92. The number of benzene rings is 1. The van der Waals surface area contributed by atoms with Crippen LogP contribution in [0.5, 0.6) is 0 Å². The van der Waals surface area contributed by atoms with Gasteiger partial charge in [-0.1, -0.05) is 0 Å². The number of nitrogens with one attached hydrogen (secondary N) is 1. The molecule has 0 radical (unpaired) electrons. The second-order valence-electron chi connectivity index (χ2n) is 6.48. The van der Waals surface area contributed by atoms with Crippen molar-refractivity contribution >= 4 is 37.8 Å². The van der Waals surface area contributed by atoms with E-state index in [1.54, 1.807) is 24.0 Å². The molecule has 9 nitrogen and oxygen atoms in total. The smallest absolute Gasteiger partial charge is 0.408 e. The van der Waals surface area contributed by atoms with Crippen molar-refractivity contribution in [1.29, 1.82) is 0 Å². The first kappa shape index (κ1) is 17.3. The molecule has 0 bridgehead atoms. The van der Waals surface area contributed by atoms with Crippen molar-refractivity contribution in [2.24, 2.45) is 7.05 Å². The van der Waals surface area contributed by atoms with Crippen LogP contribution >= 0.6 is 0 Å². The van der Waals surface area contributed by atoms with Gasteiger partial charge in [0.1, 0.15) is 0 Å². The van der Waals surface area contributed by atoms with E-state index in [-0.39, 0.29) is 16.5 Å². The van der Waals surface area contributed by atoms with Gasteiger partial charge in [0.05, 0.1) is 28.5 Å². The summed E-state index contributed by atoms with van der Waals surface area (Å²) in [6, 6.07) is 6.09. The fraction of sp³-hybridized carbons (Fsp3) is 0.235. The van der Waals surface area contributed by atoms with E-state index in [2.05, 4.69) is 14.8 Å². The highest BCUT2D eigenvalue weighted by Gasteiger charge is 2.18. The number of rotatable bonds is 4. The van der Waals surface area contributed by atoms with Crippen LogP contribution in [-0.4, -0.2) is 27.7 Å². The van der Waals surface area contributed by atoms with E-state index in [1.807, 2.05) is 13.8 Å². The van der Waals surface area contributed by atoms with Gasteiger partial charge in [0.2, 0.25) is 0 Å². The summed E-state index contributed by atoms with van der Waals surface area (Å²) in [6.45, 7) is 3.98. The number of fused-ring (bicyclic) bond motifs is 2.